The van der Waals surface area contributed by atoms with E-state index in [1.165, 1.54) is 70.6 Å². The Hall–Kier alpha value is -0.570. The highest BCUT2D eigenvalue weighted by molar-refractivity contribution is 5.77. The van der Waals surface area contributed by atoms with Gasteiger partial charge in [-0.05, 0) is 19.3 Å². The van der Waals surface area contributed by atoms with Crippen LogP contribution in [0, 0.1) is 0 Å². The predicted octanol–water partition coefficient (Wildman–Crippen LogP) is 3.78. The average Bonchev–Trinajstić information content (AvgIpc) is 2.96. The van der Waals surface area contributed by atoms with Gasteiger partial charge < -0.3 is 10.6 Å². The summed E-state index contributed by atoms with van der Waals surface area (Å²) < 4.78 is 0. The van der Waals surface area contributed by atoms with Crippen molar-refractivity contribution < 1.29 is 4.79 Å². The molecule has 2 N–H and O–H groups in total. The highest BCUT2D eigenvalue weighted by atomic mass is 16.1. The molecular formula is C17H34N2O. The zero-order valence-corrected chi connectivity index (χ0v) is 13.4. The Labute approximate surface area is 125 Å². The van der Waals surface area contributed by atoms with Crippen molar-refractivity contribution in [1.82, 2.24) is 10.6 Å². The smallest absolute Gasteiger partial charge is 0.233 e. The molecule has 3 heteroatoms. The second-order valence-electron chi connectivity index (χ2n) is 6.19. The lowest BCUT2D eigenvalue weighted by Gasteiger charge is -2.11. The molecule has 1 rings (SSSR count). The van der Waals surface area contributed by atoms with E-state index in [1.54, 1.807) is 0 Å². The first-order valence-corrected chi connectivity index (χ1v) is 8.83. The van der Waals surface area contributed by atoms with E-state index in [0.717, 1.165) is 13.0 Å². The molecule has 0 spiro atoms. The zero-order chi connectivity index (χ0) is 14.5. The number of hydrogen-bond donors (Lipinski definition) is 2. The quantitative estimate of drug-likeness (QED) is 0.535. The molecule has 1 aliphatic rings. The second kappa shape index (κ2) is 12.2. The number of carbonyl (C=O) groups excluding carboxylic acids is 1. The van der Waals surface area contributed by atoms with Gasteiger partial charge in [-0.2, -0.15) is 0 Å². The molecule has 0 saturated heterocycles. The van der Waals surface area contributed by atoms with E-state index in [4.69, 9.17) is 0 Å². The fourth-order valence-corrected chi connectivity index (χ4v) is 2.92. The summed E-state index contributed by atoms with van der Waals surface area (Å²) in [7, 11) is 0. The van der Waals surface area contributed by atoms with Crippen LogP contribution in [0.25, 0.3) is 0 Å². The number of hydrogen-bond acceptors (Lipinski definition) is 2. The van der Waals surface area contributed by atoms with Crippen LogP contribution in [0.5, 0.6) is 0 Å². The Bertz CT molecular complexity index is 237. The molecule has 0 radical (unpaired) electrons. The van der Waals surface area contributed by atoms with Crippen LogP contribution in [0.15, 0.2) is 0 Å². The van der Waals surface area contributed by atoms with Crippen LogP contribution < -0.4 is 10.6 Å². The number of unbranched alkanes of at least 4 members (excludes halogenated alkanes) is 7. The lowest BCUT2D eigenvalue weighted by Crippen LogP contribution is -2.38. The normalized spacial score (nSPS) is 15.7. The van der Waals surface area contributed by atoms with E-state index in [-0.39, 0.29) is 5.91 Å². The van der Waals surface area contributed by atoms with Crippen molar-refractivity contribution in [2.45, 2.75) is 90.0 Å². The number of amides is 1. The van der Waals surface area contributed by atoms with Gasteiger partial charge in [0.05, 0.1) is 6.54 Å². The Balaban J connectivity index is 1.79. The third-order valence-corrected chi connectivity index (χ3v) is 4.26. The lowest BCUT2D eigenvalue weighted by molar-refractivity contribution is -0.120. The second-order valence-corrected chi connectivity index (χ2v) is 6.19. The van der Waals surface area contributed by atoms with E-state index in [1.807, 2.05) is 0 Å². The predicted molar refractivity (Wildman–Crippen MR) is 85.9 cm³/mol. The maximum atomic E-state index is 11.6. The molecular weight excluding hydrogens is 248 g/mol. The summed E-state index contributed by atoms with van der Waals surface area (Å²) in [4.78, 5) is 11.6. The molecule has 1 amide bonds. The highest BCUT2D eigenvalue weighted by Crippen LogP contribution is 2.17. The van der Waals surface area contributed by atoms with Gasteiger partial charge in [0, 0.05) is 12.6 Å². The molecule has 0 aliphatic heterocycles. The summed E-state index contributed by atoms with van der Waals surface area (Å²) in [6.45, 7) is 3.60. The minimum Gasteiger partial charge on any atom is -0.355 e. The lowest BCUT2D eigenvalue weighted by atomic mass is 10.1. The first-order valence-electron chi connectivity index (χ1n) is 8.83. The summed E-state index contributed by atoms with van der Waals surface area (Å²) in [5.74, 6) is 0.167. The largest absolute Gasteiger partial charge is 0.355 e. The van der Waals surface area contributed by atoms with Crippen LogP contribution in [0.4, 0.5) is 0 Å². The van der Waals surface area contributed by atoms with Crippen molar-refractivity contribution in [2.24, 2.45) is 0 Å². The van der Waals surface area contributed by atoms with E-state index in [9.17, 15) is 4.79 Å². The Kier molecular flexibility index (Phi) is 10.7. The molecule has 0 aromatic heterocycles. The number of carbonyl (C=O) groups is 1. The summed E-state index contributed by atoms with van der Waals surface area (Å²) in [5, 5.41) is 6.37. The minimum atomic E-state index is 0.167. The molecule has 1 saturated carbocycles. The average molecular weight is 282 g/mol. The fraction of sp³-hybridized carbons (Fsp3) is 0.941. The third kappa shape index (κ3) is 9.35. The van der Waals surface area contributed by atoms with Gasteiger partial charge in [-0.25, -0.2) is 0 Å². The van der Waals surface area contributed by atoms with Gasteiger partial charge in [-0.1, -0.05) is 64.7 Å². The maximum absolute atomic E-state index is 11.6. The van der Waals surface area contributed by atoms with Crippen LogP contribution in [0.2, 0.25) is 0 Å². The first kappa shape index (κ1) is 17.5. The van der Waals surface area contributed by atoms with Crippen LogP contribution in [0.1, 0.15) is 84.0 Å². The summed E-state index contributed by atoms with van der Waals surface area (Å²) in [6.07, 6.45) is 15.6. The fourth-order valence-electron chi connectivity index (χ4n) is 2.92. The molecule has 0 bridgehead atoms. The SMILES string of the molecule is CCCCCCCCCCNC(=O)CNC1CCCC1. The minimum absolute atomic E-state index is 0.167. The molecule has 3 nitrogen and oxygen atoms in total. The molecule has 1 aliphatic carbocycles. The van der Waals surface area contributed by atoms with Crippen molar-refractivity contribution in [3.63, 3.8) is 0 Å². The van der Waals surface area contributed by atoms with E-state index in [0.29, 0.717) is 12.6 Å². The van der Waals surface area contributed by atoms with Crippen LogP contribution in [-0.2, 0) is 4.79 Å². The summed E-state index contributed by atoms with van der Waals surface area (Å²) in [5.41, 5.74) is 0. The van der Waals surface area contributed by atoms with E-state index < -0.39 is 0 Å². The molecule has 0 unspecified atom stereocenters. The van der Waals surface area contributed by atoms with Crippen LogP contribution >= 0.6 is 0 Å². The van der Waals surface area contributed by atoms with Gasteiger partial charge in [0.1, 0.15) is 0 Å². The molecule has 0 aromatic carbocycles. The van der Waals surface area contributed by atoms with E-state index >= 15 is 0 Å². The first-order chi connectivity index (χ1) is 9.83. The Morgan fingerprint density at radius 1 is 0.950 bits per heavy atom. The molecule has 20 heavy (non-hydrogen) atoms. The molecule has 0 atom stereocenters. The molecule has 0 heterocycles. The van der Waals surface area contributed by atoms with Crippen molar-refractivity contribution in [3.8, 4) is 0 Å². The monoisotopic (exact) mass is 282 g/mol. The van der Waals surface area contributed by atoms with Gasteiger partial charge in [0.15, 0.2) is 0 Å². The topological polar surface area (TPSA) is 41.1 Å². The maximum Gasteiger partial charge on any atom is 0.233 e. The highest BCUT2D eigenvalue weighted by Gasteiger charge is 2.14. The number of nitrogens with one attached hydrogen (secondary N) is 2. The van der Waals surface area contributed by atoms with Crippen molar-refractivity contribution in [1.29, 1.82) is 0 Å². The van der Waals surface area contributed by atoms with Crippen molar-refractivity contribution >= 4 is 5.91 Å². The Morgan fingerprint density at radius 3 is 2.20 bits per heavy atom. The summed E-state index contributed by atoms with van der Waals surface area (Å²) in [6, 6.07) is 0.587. The molecule has 118 valence electrons. The summed E-state index contributed by atoms with van der Waals surface area (Å²) >= 11 is 0. The Morgan fingerprint density at radius 2 is 1.55 bits per heavy atom. The molecule has 0 aromatic rings. The van der Waals surface area contributed by atoms with Crippen molar-refractivity contribution in [2.75, 3.05) is 13.1 Å². The number of rotatable bonds is 12. The van der Waals surface area contributed by atoms with Gasteiger partial charge in [0.2, 0.25) is 5.91 Å². The van der Waals surface area contributed by atoms with E-state index in [2.05, 4.69) is 17.6 Å². The van der Waals surface area contributed by atoms with Gasteiger partial charge >= 0.3 is 0 Å². The van der Waals surface area contributed by atoms with Gasteiger partial charge in [0.25, 0.3) is 0 Å². The molecule has 1 fully saturated rings. The third-order valence-electron chi connectivity index (χ3n) is 4.26. The van der Waals surface area contributed by atoms with Gasteiger partial charge in [-0.3, -0.25) is 4.79 Å². The van der Waals surface area contributed by atoms with Crippen LogP contribution in [0.3, 0.4) is 0 Å². The van der Waals surface area contributed by atoms with Crippen molar-refractivity contribution in [3.05, 3.63) is 0 Å². The standard InChI is InChI=1S/C17H34N2O/c1-2-3-4-5-6-7-8-11-14-18-17(20)15-19-16-12-9-10-13-16/h16,19H,2-15H2,1H3,(H,18,20). The van der Waals surface area contributed by atoms with Gasteiger partial charge in [-0.15, -0.1) is 0 Å². The van der Waals surface area contributed by atoms with Crippen LogP contribution in [-0.4, -0.2) is 25.0 Å². The zero-order valence-electron chi connectivity index (χ0n) is 13.4.